The van der Waals surface area contributed by atoms with Crippen molar-refractivity contribution in [3.63, 3.8) is 0 Å². The average Bonchev–Trinajstić information content (AvgIpc) is 0.811. The summed E-state index contributed by atoms with van der Waals surface area (Å²) in [5.41, 5.74) is 0. The second kappa shape index (κ2) is 22.4. The minimum Gasteiger partial charge on any atom is -1.00 e. The predicted molar refractivity (Wildman–Crippen MR) is 39.6 cm³/mol. The van der Waals surface area contributed by atoms with Gasteiger partial charge in [-0.3, -0.25) is 0 Å². The van der Waals surface area contributed by atoms with E-state index in [1.165, 1.54) is 0 Å². The summed E-state index contributed by atoms with van der Waals surface area (Å²) in [6.45, 7) is 0. The standard InChI is InChI=1S/CH2O3.Ba.Ca.H3N.Sr.6H/c2-1(3)4;;;;;;;;;;/h(H2,2,3,4);;;1H3;;;;;;;/q;2*+2;;+2;6*-1. The first-order valence-electron chi connectivity index (χ1n) is 0.651. The van der Waals surface area contributed by atoms with E-state index in [0.717, 1.165) is 0 Å². The van der Waals surface area contributed by atoms with Crippen LogP contribution in [-0.2, 0) is 0 Å². The zero-order chi connectivity index (χ0) is 3.58. The average molecular weight is 350 g/mol. The molecule has 0 aromatic carbocycles. The predicted octanol–water partition coefficient (Wildman–Crippen LogP) is -0.0830. The van der Waals surface area contributed by atoms with Gasteiger partial charge in [0.1, 0.15) is 0 Å². The van der Waals surface area contributed by atoms with Gasteiger partial charge in [-0.1, -0.05) is 0 Å². The molecule has 0 rings (SSSR count). The first kappa shape index (κ1) is 30.0. The van der Waals surface area contributed by atoms with E-state index < -0.39 is 6.16 Å². The fourth-order valence-electron chi connectivity index (χ4n) is 0. The molecule has 44 valence electrons. The van der Waals surface area contributed by atoms with E-state index in [9.17, 15) is 0 Å². The molecule has 0 aliphatic rings. The van der Waals surface area contributed by atoms with E-state index in [1.54, 1.807) is 0 Å². The molecule has 0 unspecified atom stereocenters. The van der Waals surface area contributed by atoms with Crippen LogP contribution in [0.15, 0.2) is 0 Å². The summed E-state index contributed by atoms with van der Waals surface area (Å²) >= 11 is 0. The Kier molecular flexibility index (Phi) is 84.0. The van der Waals surface area contributed by atoms with E-state index in [1.807, 2.05) is 0 Å². The van der Waals surface area contributed by atoms with Crippen molar-refractivity contribution in [3.8, 4) is 0 Å². The minimum atomic E-state index is -1.83. The van der Waals surface area contributed by atoms with Crippen LogP contribution in [-0.4, -0.2) is 148 Å². The molecule has 0 fully saturated rings. The molecule has 0 bridgehead atoms. The van der Waals surface area contributed by atoms with Crippen LogP contribution >= 0.6 is 0 Å². The van der Waals surface area contributed by atoms with Gasteiger partial charge in [0.05, 0.1) is 0 Å². The summed E-state index contributed by atoms with van der Waals surface area (Å²) in [5, 5.41) is 13.9. The van der Waals surface area contributed by atoms with Gasteiger partial charge in [-0.15, -0.1) is 0 Å². The molecule has 0 spiro atoms. The number of hydrogen-bond donors (Lipinski definition) is 3. The van der Waals surface area contributed by atoms with Crippen LogP contribution in [0.4, 0.5) is 4.79 Å². The van der Waals surface area contributed by atoms with Gasteiger partial charge in [0.25, 0.3) is 0 Å². The molecule has 0 heterocycles. The third kappa shape index (κ3) is 55.5. The van der Waals surface area contributed by atoms with Crippen molar-refractivity contribution < 1.29 is 23.6 Å². The molecule has 0 aromatic heterocycles. The quantitative estimate of drug-likeness (QED) is 0.533. The SMILES string of the molecule is N.O=C(O)O.[Ba+2].[Ca+2].[H-].[H-].[H-].[H-].[H-].[H-].[Sr+2]. The molecule has 0 aliphatic heterocycles. The fraction of sp³-hybridized carbons (Fsp3) is 0. The first-order chi connectivity index (χ1) is 1.73. The van der Waals surface area contributed by atoms with E-state index in [2.05, 4.69) is 0 Å². The molecule has 4 nitrogen and oxygen atoms in total. The van der Waals surface area contributed by atoms with Crippen molar-refractivity contribution >= 4 is 138 Å². The normalized spacial score (nSPS) is 3.00. The Balaban J connectivity index is -0.000000001000. The number of hydrogen-bond acceptors (Lipinski definition) is 2. The molecule has 0 saturated heterocycles. The van der Waals surface area contributed by atoms with Crippen molar-refractivity contribution in [2.75, 3.05) is 0 Å². The Morgan fingerprint density at radius 1 is 1.38 bits per heavy atom. The van der Waals surface area contributed by atoms with Crippen LogP contribution in [0.3, 0.4) is 0 Å². The Labute approximate surface area is 164 Å². The van der Waals surface area contributed by atoms with Gasteiger partial charge in [-0.2, -0.15) is 0 Å². The number of carboxylic acid groups (broad SMARTS) is 2. The van der Waals surface area contributed by atoms with Crippen molar-refractivity contribution in [2.24, 2.45) is 0 Å². The molecule has 0 radical (unpaired) electrons. The number of rotatable bonds is 0. The molecular weight excluding hydrogens is 339 g/mol. The van der Waals surface area contributed by atoms with Gasteiger partial charge in [0.2, 0.25) is 0 Å². The zero-order valence-corrected chi connectivity index (χ0v) is 14.8. The molecular formula is CH11BaCaNO3Sr. The summed E-state index contributed by atoms with van der Waals surface area (Å²) in [6, 6.07) is 0. The van der Waals surface area contributed by atoms with Gasteiger partial charge >= 0.3 is 138 Å². The van der Waals surface area contributed by atoms with Gasteiger partial charge < -0.3 is 24.9 Å². The first-order valence-corrected chi connectivity index (χ1v) is 0.651. The molecule has 0 aromatic rings. The summed E-state index contributed by atoms with van der Waals surface area (Å²) in [4.78, 5) is 8.56. The number of carbonyl (C=O) groups is 1. The molecule has 5 N–H and O–H groups in total. The summed E-state index contributed by atoms with van der Waals surface area (Å²) in [7, 11) is 0. The van der Waals surface area contributed by atoms with Crippen molar-refractivity contribution in [1.29, 1.82) is 0 Å². The van der Waals surface area contributed by atoms with Gasteiger partial charge in [0.15, 0.2) is 0 Å². The third-order valence-corrected chi connectivity index (χ3v) is 0. The van der Waals surface area contributed by atoms with Crippen LogP contribution in [0.25, 0.3) is 0 Å². The Hall–Kier alpha value is 3.54. The summed E-state index contributed by atoms with van der Waals surface area (Å²) in [5.74, 6) is 0. The van der Waals surface area contributed by atoms with E-state index in [-0.39, 0.29) is 147 Å². The molecule has 0 amide bonds. The molecule has 0 aliphatic carbocycles. The van der Waals surface area contributed by atoms with Crippen molar-refractivity contribution in [2.45, 2.75) is 0 Å². The van der Waals surface area contributed by atoms with Gasteiger partial charge in [0, 0.05) is 0 Å². The van der Waals surface area contributed by atoms with Crippen LogP contribution in [0.2, 0.25) is 0 Å². The molecule has 0 saturated carbocycles. The third-order valence-electron chi connectivity index (χ3n) is 0. The largest absolute Gasteiger partial charge is 2.00 e. The van der Waals surface area contributed by atoms with Crippen LogP contribution in [0, 0.1) is 0 Å². The van der Waals surface area contributed by atoms with E-state index >= 15 is 0 Å². The maximum absolute atomic E-state index is 8.56. The maximum atomic E-state index is 8.56. The van der Waals surface area contributed by atoms with Crippen molar-refractivity contribution in [3.05, 3.63) is 0 Å². The zero-order valence-electron chi connectivity index (χ0n) is 10.6. The second-order valence-electron chi connectivity index (χ2n) is 0.283. The Bertz CT molecular complexity index is 56.1. The van der Waals surface area contributed by atoms with Gasteiger partial charge in [-0.25, -0.2) is 4.79 Å². The summed E-state index contributed by atoms with van der Waals surface area (Å²) < 4.78 is 0. The summed E-state index contributed by atoms with van der Waals surface area (Å²) in [6.07, 6.45) is -1.83. The fourth-order valence-corrected chi connectivity index (χ4v) is 0. The minimum absolute atomic E-state index is 0. The van der Waals surface area contributed by atoms with E-state index in [0.29, 0.717) is 0 Å². The van der Waals surface area contributed by atoms with Crippen LogP contribution in [0.1, 0.15) is 8.56 Å². The topological polar surface area (TPSA) is 92.5 Å². The van der Waals surface area contributed by atoms with Gasteiger partial charge in [-0.05, 0) is 0 Å². The maximum Gasteiger partial charge on any atom is 2.00 e. The Morgan fingerprint density at radius 3 is 1.38 bits per heavy atom. The molecule has 0 atom stereocenters. The van der Waals surface area contributed by atoms with Crippen LogP contribution in [0.5, 0.6) is 0 Å². The molecule has 8 heavy (non-hydrogen) atoms. The van der Waals surface area contributed by atoms with Crippen molar-refractivity contribution in [1.82, 2.24) is 6.15 Å². The smallest absolute Gasteiger partial charge is 1.00 e. The Morgan fingerprint density at radius 2 is 1.38 bits per heavy atom. The van der Waals surface area contributed by atoms with Crippen LogP contribution < -0.4 is 6.15 Å². The molecule has 7 heteroatoms. The monoisotopic (exact) mass is 351 g/mol. The van der Waals surface area contributed by atoms with E-state index in [4.69, 9.17) is 15.0 Å². The second-order valence-corrected chi connectivity index (χ2v) is 0.283.